The molecule has 0 aliphatic carbocycles. The first kappa shape index (κ1) is 25.2. The van der Waals surface area contributed by atoms with Crippen molar-refractivity contribution in [2.45, 2.75) is 18.8 Å². The van der Waals surface area contributed by atoms with Crippen molar-refractivity contribution in [1.82, 2.24) is 9.88 Å². The predicted octanol–water partition coefficient (Wildman–Crippen LogP) is 4.03. The topological polar surface area (TPSA) is 102 Å². The van der Waals surface area contributed by atoms with Gasteiger partial charge in [-0.05, 0) is 60.7 Å². The number of carbonyl (C=O) groups excluding carboxylic acids is 3. The van der Waals surface area contributed by atoms with Crippen LogP contribution in [0.2, 0.25) is 0 Å². The zero-order valence-corrected chi connectivity index (χ0v) is 20.7. The Morgan fingerprint density at radius 2 is 1.74 bits per heavy atom. The van der Waals surface area contributed by atoms with Gasteiger partial charge in [0.05, 0.1) is 18.7 Å². The molecule has 3 aromatic carbocycles. The minimum absolute atomic E-state index is 0.114. The van der Waals surface area contributed by atoms with Crippen LogP contribution in [0.5, 0.6) is 0 Å². The average molecular weight is 518 g/mol. The first-order chi connectivity index (χ1) is 18.4. The molecule has 3 amide bonds. The highest BCUT2D eigenvalue weighted by molar-refractivity contribution is 6.23. The molecule has 0 radical (unpaired) electrons. The van der Waals surface area contributed by atoms with Crippen LogP contribution >= 0.6 is 0 Å². The van der Waals surface area contributed by atoms with Crippen molar-refractivity contribution >= 4 is 34.5 Å². The van der Waals surface area contributed by atoms with Gasteiger partial charge in [0.1, 0.15) is 17.4 Å². The molecule has 10 heteroatoms. The Morgan fingerprint density at radius 3 is 2.39 bits per heavy atom. The van der Waals surface area contributed by atoms with Crippen LogP contribution in [-0.2, 0) is 19.1 Å². The van der Waals surface area contributed by atoms with Gasteiger partial charge in [0, 0.05) is 25.3 Å². The van der Waals surface area contributed by atoms with E-state index in [-0.39, 0.29) is 18.5 Å². The Kier molecular flexibility index (Phi) is 6.99. The molecule has 2 heterocycles. The summed E-state index contributed by atoms with van der Waals surface area (Å²) >= 11 is 0. The van der Waals surface area contributed by atoms with E-state index in [1.165, 1.54) is 31.3 Å². The van der Waals surface area contributed by atoms with E-state index in [0.717, 1.165) is 22.5 Å². The molecule has 9 nitrogen and oxygen atoms in total. The number of rotatable bonds is 8. The van der Waals surface area contributed by atoms with Gasteiger partial charge >= 0.3 is 0 Å². The summed E-state index contributed by atoms with van der Waals surface area (Å²) in [5.41, 5.74) is 2.56. The van der Waals surface area contributed by atoms with E-state index in [9.17, 15) is 18.8 Å². The summed E-state index contributed by atoms with van der Waals surface area (Å²) in [5, 5.41) is 0. The number of halogens is 1. The van der Waals surface area contributed by atoms with E-state index in [0.29, 0.717) is 22.7 Å². The van der Waals surface area contributed by atoms with E-state index in [2.05, 4.69) is 4.98 Å². The fourth-order valence-corrected chi connectivity index (χ4v) is 4.40. The van der Waals surface area contributed by atoms with Crippen LogP contribution in [0.25, 0.3) is 22.6 Å². The second kappa shape index (κ2) is 10.5. The molecule has 1 aliphatic heterocycles. The summed E-state index contributed by atoms with van der Waals surface area (Å²) in [7, 11) is 2.81. The van der Waals surface area contributed by atoms with Crippen LogP contribution in [0.4, 0.5) is 10.1 Å². The van der Waals surface area contributed by atoms with Gasteiger partial charge in [-0.3, -0.25) is 14.4 Å². The Hall–Kier alpha value is -4.41. The van der Waals surface area contributed by atoms with Gasteiger partial charge in [0.25, 0.3) is 11.8 Å². The zero-order valence-electron chi connectivity index (χ0n) is 20.7. The molecular formula is C28H24FN3O6. The smallest absolute Gasteiger partial charge is 0.257 e. The summed E-state index contributed by atoms with van der Waals surface area (Å²) < 4.78 is 29.7. The molecule has 1 unspecified atom stereocenters. The first-order valence-corrected chi connectivity index (χ1v) is 11.8. The lowest BCUT2D eigenvalue weighted by Gasteiger charge is -2.30. The molecule has 0 bridgehead atoms. The van der Waals surface area contributed by atoms with E-state index in [1.807, 2.05) is 24.3 Å². The number of nitrogens with zero attached hydrogens (tertiary/aromatic N) is 3. The number of ether oxygens (including phenoxy) is 2. The monoisotopic (exact) mass is 517 g/mol. The summed E-state index contributed by atoms with van der Waals surface area (Å²) in [5.74, 6) is -1.66. The molecule has 1 fully saturated rings. The molecule has 1 aromatic heterocycles. The van der Waals surface area contributed by atoms with Crippen LogP contribution in [0, 0.1) is 5.82 Å². The number of anilines is 1. The number of para-hydroxylation sites is 2. The van der Waals surface area contributed by atoms with Gasteiger partial charge in [-0.2, -0.15) is 0 Å². The average Bonchev–Trinajstić information content (AvgIpc) is 3.50. The number of aromatic nitrogens is 1. The molecule has 0 N–H and O–H groups in total. The van der Waals surface area contributed by atoms with Gasteiger partial charge in [-0.1, -0.05) is 12.1 Å². The minimum atomic E-state index is -1.09. The highest BCUT2D eigenvalue weighted by Gasteiger charge is 2.45. The molecule has 0 spiro atoms. The normalized spacial score (nSPS) is 15.6. The zero-order chi connectivity index (χ0) is 26.8. The maximum absolute atomic E-state index is 13.5. The highest BCUT2D eigenvalue weighted by atomic mass is 19.1. The third-order valence-corrected chi connectivity index (χ3v) is 6.39. The number of hydrogen-bond acceptors (Lipinski definition) is 7. The molecule has 4 aromatic rings. The number of methoxy groups -OCH3 is 2. The summed E-state index contributed by atoms with van der Waals surface area (Å²) in [6.07, 6.45) is -1.06. The summed E-state index contributed by atoms with van der Waals surface area (Å²) in [6.45, 7) is -0.114. The fourth-order valence-electron chi connectivity index (χ4n) is 4.40. The van der Waals surface area contributed by atoms with Crippen molar-refractivity contribution in [3.8, 4) is 11.5 Å². The van der Waals surface area contributed by atoms with Crippen LogP contribution in [-0.4, -0.2) is 60.7 Å². The first-order valence-electron chi connectivity index (χ1n) is 11.8. The molecule has 0 saturated carbocycles. The van der Waals surface area contributed by atoms with Crippen LogP contribution in [0.1, 0.15) is 16.8 Å². The quantitative estimate of drug-likeness (QED) is 0.257. The van der Waals surface area contributed by atoms with E-state index < -0.39 is 35.9 Å². The standard InChI is InChI=1S/C28H24FN3O6/c1-36-25(37-2)16-31(27(34)18-7-11-19(29)12-8-18)22-15-24(33)32(28(22)35)20-13-9-17(10-14-20)26-30-21-5-3-4-6-23(21)38-26/h3-14,22,25H,15-16H2,1-2H3. The van der Waals surface area contributed by atoms with Crippen molar-refractivity contribution in [3.05, 3.63) is 84.2 Å². The molecule has 194 valence electrons. The largest absolute Gasteiger partial charge is 0.436 e. The van der Waals surface area contributed by atoms with E-state index in [4.69, 9.17) is 13.9 Å². The van der Waals surface area contributed by atoms with Crippen LogP contribution in [0.15, 0.2) is 77.2 Å². The number of oxazole rings is 1. The number of amides is 3. The Bertz CT molecular complexity index is 1450. The summed E-state index contributed by atoms with van der Waals surface area (Å²) in [4.78, 5) is 46.7. The van der Waals surface area contributed by atoms with Crippen molar-refractivity contribution in [3.63, 3.8) is 0 Å². The van der Waals surface area contributed by atoms with Crippen molar-refractivity contribution in [1.29, 1.82) is 0 Å². The number of benzene rings is 3. The third-order valence-electron chi connectivity index (χ3n) is 6.39. The van der Waals surface area contributed by atoms with Crippen molar-refractivity contribution in [2.24, 2.45) is 0 Å². The van der Waals surface area contributed by atoms with E-state index >= 15 is 0 Å². The molecule has 1 aliphatic rings. The van der Waals surface area contributed by atoms with Crippen molar-refractivity contribution in [2.75, 3.05) is 25.7 Å². The highest BCUT2D eigenvalue weighted by Crippen LogP contribution is 2.30. The molecule has 38 heavy (non-hydrogen) atoms. The van der Waals surface area contributed by atoms with Gasteiger partial charge in [0.15, 0.2) is 11.9 Å². The number of fused-ring (bicyclic) bond motifs is 1. The molecular weight excluding hydrogens is 493 g/mol. The second-order valence-electron chi connectivity index (χ2n) is 8.69. The van der Waals surface area contributed by atoms with Gasteiger partial charge in [-0.15, -0.1) is 0 Å². The predicted molar refractivity (Wildman–Crippen MR) is 136 cm³/mol. The van der Waals surface area contributed by atoms with Crippen molar-refractivity contribution < 1.29 is 32.7 Å². The lowest BCUT2D eigenvalue weighted by Crippen LogP contribution is -2.49. The second-order valence-corrected chi connectivity index (χ2v) is 8.69. The van der Waals surface area contributed by atoms with Gasteiger partial charge in [0.2, 0.25) is 11.8 Å². The number of imide groups is 1. The SMILES string of the molecule is COC(CN(C(=O)c1ccc(F)cc1)C1CC(=O)N(c2ccc(-c3nc4ccccc4o3)cc2)C1=O)OC. The molecule has 1 saturated heterocycles. The maximum atomic E-state index is 13.5. The summed E-state index contributed by atoms with van der Waals surface area (Å²) in [6, 6.07) is 17.9. The fraction of sp³-hybridized carbons (Fsp3) is 0.214. The molecule has 1 atom stereocenters. The Labute approximate surface area is 217 Å². The lowest BCUT2D eigenvalue weighted by molar-refractivity contribution is -0.128. The Morgan fingerprint density at radius 1 is 1.05 bits per heavy atom. The molecule has 5 rings (SSSR count). The number of hydrogen-bond donors (Lipinski definition) is 0. The lowest BCUT2D eigenvalue weighted by atomic mass is 10.1. The van der Waals surface area contributed by atoms with Gasteiger partial charge in [-0.25, -0.2) is 14.3 Å². The Balaban J connectivity index is 1.41. The number of carbonyl (C=O) groups is 3. The van der Waals surface area contributed by atoms with E-state index in [1.54, 1.807) is 24.3 Å². The van der Waals surface area contributed by atoms with Crippen LogP contribution in [0.3, 0.4) is 0 Å². The third kappa shape index (κ3) is 4.79. The maximum Gasteiger partial charge on any atom is 0.257 e. The van der Waals surface area contributed by atoms with Gasteiger partial charge < -0.3 is 18.8 Å². The minimum Gasteiger partial charge on any atom is -0.436 e. The van der Waals surface area contributed by atoms with Crippen LogP contribution < -0.4 is 4.90 Å².